The first-order valence-corrected chi connectivity index (χ1v) is 11.3. The van der Waals surface area contributed by atoms with E-state index in [2.05, 4.69) is 24.5 Å². The number of aryl methyl sites for hydroxylation is 1. The predicted molar refractivity (Wildman–Crippen MR) is 130 cm³/mol. The fraction of sp³-hybridized carbons (Fsp3) is 0.231. The predicted octanol–water partition coefficient (Wildman–Crippen LogP) is 6.49. The van der Waals surface area contributed by atoms with E-state index >= 15 is 0 Å². The second-order valence-corrected chi connectivity index (χ2v) is 9.29. The van der Waals surface area contributed by atoms with Gasteiger partial charge in [-0.2, -0.15) is 0 Å². The van der Waals surface area contributed by atoms with Gasteiger partial charge in [-0.15, -0.1) is 11.8 Å². The molecule has 0 radical (unpaired) electrons. The van der Waals surface area contributed by atoms with E-state index in [1.165, 1.54) is 17.3 Å². The van der Waals surface area contributed by atoms with Crippen LogP contribution in [0.15, 0.2) is 77.7 Å². The molecule has 3 aromatic carbocycles. The van der Waals surface area contributed by atoms with Crippen molar-refractivity contribution in [3.8, 4) is 0 Å². The third-order valence-electron chi connectivity index (χ3n) is 4.93. The van der Waals surface area contributed by atoms with Gasteiger partial charge in [0.2, 0.25) is 5.91 Å². The van der Waals surface area contributed by atoms with Crippen LogP contribution in [0.4, 0.5) is 11.4 Å². The molecule has 0 spiro atoms. The molecule has 31 heavy (non-hydrogen) atoms. The zero-order valence-corrected chi connectivity index (χ0v) is 19.1. The number of amides is 2. The van der Waals surface area contributed by atoms with Crippen LogP contribution in [0.5, 0.6) is 0 Å². The molecular weight excluding hydrogens is 404 g/mol. The van der Waals surface area contributed by atoms with Crippen LogP contribution in [0, 0.1) is 6.92 Å². The van der Waals surface area contributed by atoms with Gasteiger partial charge in [0.05, 0.1) is 5.25 Å². The van der Waals surface area contributed by atoms with Gasteiger partial charge in [-0.1, -0.05) is 49.7 Å². The smallest absolute Gasteiger partial charge is 0.255 e. The minimum absolute atomic E-state index is 0.0589. The molecule has 1 atom stereocenters. The van der Waals surface area contributed by atoms with E-state index in [0.717, 1.165) is 16.1 Å². The maximum Gasteiger partial charge on any atom is 0.255 e. The third-order valence-corrected chi connectivity index (χ3v) is 6.03. The molecular formula is C26H28N2O2S. The van der Waals surface area contributed by atoms with Crippen LogP contribution >= 0.6 is 11.8 Å². The molecule has 2 N–H and O–H groups in total. The summed E-state index contributed by atoms with van der Waals surface area (Å²) in [5.41, 5.74) is 4.45. The Labute approximate surface area is 188 Å². The number of carbonyl (C=O) groups excluding carboxylic acids is 2. The highest BCUT2D eigenvalue weighted by Gasteiger charge is 2.15. The van der Waals surface area contributed by atoms with Crippen molar-refractivity contribution in [1.82, 2.24) is 0 Å². The molecule has 3 rings (SSSR count). The molecule has 0 saturated heterocycles. The molecule has 0 aliphatic rings. The van der Waals surface area contributed by atoms with Crippen LogP contribution < -0.4 is 10.6 Å². The lowest BCUT2D eigenvalue weighted by atomic mass is 10.0. The molecule has 0 aliphatic carbocycles. The molecule has 0 bridgehead atoms. The van der Waals surface area contributed by atoms with Gasteiger partial charge >= 0.3 is 0 Å². The normalized spacial score (nSPS) is 11.8. The zero-order valence-electron chi connectivity index (χ0n) is 18.3. The maximum atomic E-state index is 12.6. The van der Waals surface area contributed by atoms with Crippen LogP contribution in [0.25, 0.3) is 0 Å². The summed E-state index contributed by atoms with van der Waals surface area (Å²) < 4.78 is 0. The van der Waals surface area contributed by atoms with E-state index in [1.807, 2.05) is 86.6 Å². The first kappa shape index (κ1) is 22.6. The Morgan fingerprint density at radius 2 is 1.48 bits per heavy atom. The molecule has 0 aromatic heterocycles. The molecule has 5 heteroatoms. The molecule has 0 saturated carbocycles. The Hall–Kier alpha value is -3.05. The SMILES string of the molecule is Cc1ccc(C(=O)Nc2cccc(SC(C)C(=O)Nc3ccc(C(C)C)cc3)c2)cc1. The van der Waals surface area contributed by atoms with Crippen molar-refractivity contribution < 1.29 is 9.59 Å². The molecule has 2 amide bonds. The minimum Gasteiger partial charge on any atom is -0.325 e. The van der Waals surface area contributed by atoms with Crippen LogP contribution in [0.1, 0.15) is 48.2 Å². The Morgan fingerprint density at radius 1 is 0.806 bits per heavy atom. The summed E-state index contributed by atoms with van der Waals surface area (Å²) in [5.74, 6) is 0.243. The van der Waals surface area contributed by atoms with Gasteiger partial charge in [0.25, 0.3) is 5.91 Å². The number of thioether (sulfide) groups is 1. The van der Waals surface area contributed by atoms with E-state index in [1.54, 1.807) is 0 Å². The molecule has 0 fully saturated rings. The molecule has 160 valence electrons. The van der Waals surface area contributed by atoms with Crippen molar-refractivity contribution in [2.45, 2.75) is 43.8 Å². The molecule has 4 nitrogen and oxygen atoms in total. The first-order valence-electron chi connectivity index (χ1n) is 10.4. The van der Waals surface area contributed by atoms with Crippen LogP contribution in [-0.2, 0) is 4.79 Å². The Morgan fingerprint density at radius 3 is 2.13 bits per heavy atom. The molecule has 0 aliphatic heterocycles. The van der Waals surface area contributed by atoms with E-state index in [-0.39, 0.29) is 17.1 Å². The Bertz CT molecular complexity index is 1040. The second kappa shape index (κ2) is 10.3. The highest BCUT2D eigenvalue weighted by atomic mass is 32.2. The minimum atomic E-state index is -0.284. The number of anilines is 2. The summed E-state index contributed by atoms with van der Waals surface area (Å²) in [4.78, 5) is 26.0. The Balaban J connectivity index is 1.59. The number of hydrogen-bond donors (Lipinski definition) is 2. The van der Waals surface area contributed by atoms with Crippen molar-refractivity contribution in [1.29, 1.82) is 0 Å². The van der Waals surface area contributed by atoms with Crippen LogP contribution in [0.2, 0.25) is 0 Å². The lowest BCUT2D eigenvalue weighted by Crippen LogP contribution is -2.22. The fourth-order valence-corrected chi connectivity index (χ4v) is 3.93. The summed E-state index contributed by atoms with van der Waals surface area (Å²) in [6.07, 6.45) is 0. The van der Waals surface area contributed by atoms with Crippen LogP contribution in [0.3, 0.4) is 0 Å². The van der Waals surface area contributed by atoms with Gasteiger partial charge in [-0.05, 0) is 67.8 Å². The summed E-state index contributed by atoms with van der Waals surface area (Å²) in [7, 11) is 0. The van der Waals surface area contributed by atoms with E-state index in [4.69, 9.17) is 0 Å². The van der Waals surface area contributed by atoms with Gasteiger partial charge in [-0.3, -0.25) is 9.59 Å². The van der Waals surface area contributed by atoms with E-state index in [9.17, 15) is 9.59 Å². The highest BCUT2D eigenvalue weighted by Crippen LogP contribution is 2.27. The summed E-state index contributed by atoms with van der Waals surface area (Å²) >= 11 is 1.45. The number of rotatable bonds is 7. The van der Waals surface area contributed by atoms with Gasteiger partial charge in [0, 0.05) is 21.8 Å². The van der Waals surface area contributed by atoms with E-state index in [0.29, 0.717) is 17.2 Å². The average molecular weight is 433 g/mol. The number of benzene rings is 3. The van der Waals surface area contributed by atoms with Crippen molar-refractivity contribution in [2.75, 3.05) is 10.6 Å². The summed E-state index contributed by atoms with van der Waals surface area (Å²) in [6, 6.07) is 22.9. The Kier molecular flexibility index (Phi) is 7.53. The number of hydrogen-bond acceptors (Lipinski definition) is 3. The quantitative estimate of drug-likeness (QED) is 0.420. The lowest BCUT2D eigenvalue weighted by molar-refractivity contribution is -0.115. The lowest BCUT2D eigenvalue weighted by Gasteiger charge is -2.14. The standard InChI is InChI=1S/C26H28N2O2S/c1-17(2)20-12-14-22(15-13-20)27-25(29)19(4)31-24-7-5-6-23(16-24)28-26(30)21-10-8-18(3)9-11-21/h5-17,19H,1-4H3,(H,27,29)(H,28,30). The number of nitrogens with one attached hydrogen (secondary N) is 2. The fourth-order valence-electron chi connectivity index (χ4n) is 3.01. The van der Waals surface area contributed by atoms with Crippen molar-refractivity contribution in [3.05, 3.63) is 89.5 Å². The third kappa shape index (κ3) is 6.46. The molecule has 3 aromatic rings. The topological polar surface area (TPSA) is 58.2 Å². The van der Waals surface area contributed by atoms with Gasteiger partial charge in [0.15, 0.2) is 0 Å². The highest BCUT2D eigenvalue weighted by molar-refractivity contribution is 8.00. The summed E-state index contributed by atoms with van der Waals surface area (Å²) in [6.45, 7) is 8.15. The average Bonchev–Trinajstić information content (AvgIpc) is 2.74. The van der Waals surface area contributed by atoms with Crippen molar-refractivity contribution in [3.63, 3.8) is 0 Å². The number of carbonyl (C=O) groups is 2. The largest absolute Gasteiger partial charge is 0.325 e. The maximum absolute atomic E-state index is 12.6. The monoisotopic (exact) mass is 432 g/mol. The van der Waals surface area contributed by atoms with Crippen molar-refractivity contribution in [2.24, 2.45) is 0 Å². The van der Waals surface area contributed by atoms with Gasteiger partial charge in [-0.25, -0.2) is 0 Å². The second-order valence-electron chi connectivity index (χ2n) is 7.87. The summed E-state index contributed by atoms with van der Waals surface area (Å²) in [5, 5.41) is 5.61. The van der Waals surface area contributed by atoms with Crippen LogP contribution in [-0.4, -0.2) is 17.1 Å². The van der Waals surface area contributed by atoms with E-state index < -0.39 is 0 Å². The zero-order chi connectivity index (χ0) is 22.4. The van der Waals surface area contributed by atoms with Gasteiger partial charge in [0.1, 0.15) is 0 Å². The van der Waals surface area contributed by atoms with Crippen molar-refractivity contribution >= 4 is 35.0 Å². The first-order chi connectivity index (χ1) is 14.8. The molecule has 1 unspecified atom stereocenters. The molecule has 0 heterocycles. The van der Waals surface area contributed by atoms with Gasteiger partial charge < -0.3 is 10.6 Å².